The fourth-order valence-corrected chi connectivity index (χ4v) is 2.82. The summed E-state index contributed by atoms with van der Waals surface area (Å²) >= 11 is 0. The van der Waals surface area contributed by atoms with E-state index >= 15 is 0 Å². The Labute approximate surface area is 141 Å². The van der Waals surface area contributed by atoms with Crippen LogP contribution in [0.3, 0.4) is 0 Å². The van der Waals surface area contributed by atoms with Crippen molar-refractivity contribution in [2.75, 3.05) is 46.4 Å². The highest BCUT2D eigenvalue weighted by atomic mass is 16.5. The molecule has 0 aromatic carbocycles. The van der Waals surface area contributed by atoms with Crippen LogP contribution in [0.5, 0.6) is 0 Å². The molecule has 2 aliphatic rings. The van der Waals surface area contributed by atoms with Crippen LogP contribution in [-0.4, -0.2) is 75.2 Å². The van der Waals surface area contributed by atoms with Crippen molar-refractivity contribution >= 4 is 17.8 Å². The van der Waals surface area contributed by atoms with Crippen LogP contribution in [0.4, 0.5) is 4.79 Å². The van der Waals surface area contributed by atoms with E-state index in [1.54, 1.807) is 0 Å². The molecule has 1 saturated heterocycles. The largest absolute Gasteiger partial charge is 0.366 e. The molecule has 4 amide bonds. The van der Waals surface area contributed by atoms with Crippen LogP contribution < -0.4 is 21.7 Å². The number of morpholine rings is 1. The van der Waals surface area contributed by atoms with Crippen molar-refractivity contribution in [1.82, 2.24) is 20.9 Å². The Kier molecular flexibility index (Phi) is 6.52. The molecule has 2 rings (SSSR count). The van der Waals surface area contributed by atoms with Crippen LogP contribution >= 0.6 is 0 Å². The average Bonchev–Trinajstić information content (AvgIpc) is 3.26. The minimum Gasteiger partial charge on any atom is -0.366 e. The Balaban J connectivity index is 1.60. The summed E-state index contributed by atoms with van der Waals surface area (Å²) in [7, 11) is 1.97. The van der Waals surface area contributed by atoms with Crippen LogP contribution in [0.25, 0.3) is 0 Å². The minimum absolute atomic E-state index is 0.0549. The third-order valence-electron chi connectivity index (χ3n) is 4.52. The van der Waals surface area contributed by atoms with Crippen LogP contribution in [0.1, 0.15) is 19.3 Å². The highest BCUT2D eigenvalue weighted by Gasteiger charge is 2.41. The number of nitrogens with one attached hydrogen (secondary N) is 3. The predicted molar refractivity (Wildman–Crippen MR) is 87.1 cm³/mol. The number of carbonyl (C=O) groups is 3. The van der Waals surface area contributed by atoms with Crippen LogP contribution in [-0.2, 0) is 14.3 Å². The normalized spacial score (nSPS) is 22.6. The van der Waals surface area contributed by atoms with E-state index < -0.39 is 18.0 Å². The number of imide groups is 1. The molecule has 0 radical (unpaired) electrons. The number of hydrogen-bond donors (Lipinski definition) is 4. The number of urea groups is 1. The zero-order chi connectivity index (χ0) is 17.6. The van der Waals surface area contributed by atoms with Gasteiger partial charge < -0.3 is 26.0 Å². The molecule has 0 aromatic rings. The zero-order valence-electron chi connectivity index (χ0n) is 14.1. The van der Waals surface area contributed by atoms with Crippen molar-refractivity contribution in [1.29, 1.82) is 0 Å². The Morgan fingerprint density at radius 2 is 2.08 bits per heavy atom. The van der Waals surface area contributed by atoms with E-state index in [1.165, 1.54) is 0 Å². The topological polar surface area (TPSA) is 126 Å². The Morgan fingerprint density at radius 3 is 2.71 bits per heavy atom. The maximum Gasteiger partial charge on any atom is 0.318 e. The number of nitrogens with two attached hydrogens (primary N) is 1. The van der Waals surface area contributed by atoms with Gasteiger partial charge in [0.05, 0.1) is 13.2 Å². The molecule has 136 valence electrons. The van der Waals surface area contributed by atoms with Gasteiger partial charge in [0.15, 0.2) is 0 Å². The lowest BCUT2D eigenvalue weighted by molar-refractivity contribution is -0.137. The fourth-order valence-electron chi connectivity index (χ4n) is 2.82. The Morgan fingerprint density at radius 1 is 1.33 bits per heavy atom. The monoisotopic (exact) mass is 341 g/mol. The van der Waals surface area contributed by atoms with Crippen LogP contribution in [0.15, 0.2) is 0 Å². The second kappa shape index (κ2) is 8.41. The Hall–Kier alpha value is -1.71. The Bertz CT molecular complexity index is 480. The highest BCUT2D eigenvalue weighted by Crippen LogP contribution is 2.47. The van der Waals surface area contributed by atoms with E-state index in [0.29, 0.717) is 26.2 Å². The first kappa shape index (κ1) is 18.6. The molecule has 1 atom stereocenters. The molecule has 1 aliphatic carbocycles. The molecule has 1 saturated carbocycles. The fraction of sp³-hybridized carbons (Fsp3) is 0.800. The lowest BCUT2D eigenvalue weighted by atomic mass is 10.0. The summed E-state index contributed by atoms with van der Waals surface area (Å²) in [5.74, 6) is -0.503. The average molecular weight is 341 g/mol. The second-order valence-electron chi connectivity index (χ2n) is 6.68. The van der Waals surface area contributed by atoms with Crippen molar-refractivity contribution in [2.24, 2.45) is 11.1 Å². The highest BCUT2D eigenvalue weighted by molar-refractivity contribution is 5.94. The summed E-state index contributed by atoms with van der Waals surface area (Å²) < 4.78 is 5.48. The third kappa shape index (κ3) is 6.06. The molecule has 1 unspecified atom stereocenters. The van der Waals surface area contributed by atoms with E-state index in [1.807, 2.05) is 12.4 Å². The van der Waals surface area contributed by atoms with Gasteiger partial charge in [0.1, 0.15) is 6.10 Å². The number of primary amides is 1. The van der Waals surface area contributed by atoms with Gasteiger partial charge in [0.25, 0.3) is 0 Å². The molecular weight excluding hydrogens is 314 g/mol. The smallest absolute Gasteiger partial charge is 0.318 e. The van der Waals surface area contributed by atoms with Crippen molar-refractivity contribution in [3.63, 3.8) is 0 Å². The van der Waals surface area contributed by atoms with Crippen molar-refractivity contribution in [3.05, 3.63) is 0 Å². The summed E-state index contributed by atoms with van der Waals surface area (Å²) in [6.45, 7) is 3.37. The van der Waals surface area contributed by atoms with Crippen molar-refractivity contribution in [3.8, 4) is 0 Å². The number of nitrogens with zero attached hydrogens (tertiary/aromatic N) is 1. The molecule has 9 heteroatoms. The van der Waals surface area contributed by atoms with Gasteiger partial charge in [-0.25, -0.2) is 4.79 Å². The van der Waals surface area contributed by atoms with Gasteiger partial charge in [0, 0.05) is 26.2 Å². The van der Waals surface area contributed by atoms with E-state index in [9.17, 15) is 14.4 Å². The van der Waals surface area contributed by atoms with Gasteiger partial charge in [0.2, 0.25) is 11.8 Å². The number of hydrogen-bond acceptors (Lipinski definition) is 6. The van der Waals surface area contributed by atoms with E-state index in [4.69, 9.17) is 10.5 Å². The molecule has 5 N–H and O–H groups in total. The van der Waals surface area contributed by atoms with Crippen molar-refractivity contribution < 1.29 is 19.1 Å². The summed E-state index contributed by atoms with van der Waals surface area (Å²) in [5.41, 5.74) is 5.00. The molecule has 9 nitrogen and oxygen atoms in total. The van der Waals surface area contributed by atoms with E-state index in [-0.39, 0.29) is 17.9 Å². The van der Waals surface area contributed by atoms with Gasteiger partial charge in [-0.2, -0.15) is 0 Å². The predicted octanol–water partition coefficient (Wildman–Crippen LogP) is -1.61. The number of likely N-dealkylation sites (N-methyl/N-ethyl adjacent to an activating group) is 1. The van der Waals surface area contributed by atoms with Gasteiger partial charge in [-0.15, -0.1) is 0 Å². The number of carbonyl (C=O) groups excluding carboxylic acids is 3. The second-order valence-corrected chi connectivity index (χ2v) is 6.68. The maximum atomic E-state index is 12.1. The van der Waals surface area contributed by atoms with Crippen LogP contribution in [0, 0.1) is 5.41 Å². The summed E-state index contributed by atoms with van der Waals surface area (Å²) in [6.07, 6.45) is 2.59. The van der Waals surface area contributed by atoms with Gasteiger partial charge >= 0.3 is 6.03 Å². The first-order valence-electron chi connectivity index (χ1n) is 8.28. The molecule has 1 heterocycles. The number of amides is 4. The molecule has 2 fully saturated rings. The van der Waals surface area contributed by atoms with E-state index in [0.717, 1.165) is 25.8 Å². The minimum atomic E-state index is -0.846. The standard InChI is InChI=1S/C15H27N5O4/c1-20-6-7-24-11(9-20)13(22)18-5-4-15(2-3-15)10-17-8-12(21)19-14(16)23/h11,17H,2-10H2,1H3,(H,18,22)(H3,16,19,21,23). The maximum absolute atomic E-state index is 12.1. The molecule has 0 aromatic heterocycles. The molecule has 0 bridgehead atoms. The molecule has 1 aliphatic heterocycles. The first-order chi connectivity index (χ1) is 11.4. The van der Waals surface area contributed by atoms with Gasteiger partial charge in [-0.3, -0.25) is 14.9 Å². The summed E-state index contributed by atoms with van der Waals surface area (Å²) in [4.78, 5) is 36.0. The van der Waals surface area contributed by atoms with Gasteiger partial charge in [-0.1, -0.05) is 0 Å². The number of ether oxygens (including phenoxy) is 1. The summed E-state index contributed by atoms with van der Waals surface area (Å²) in [5, 5.41) is 7.98. The lowest BCUT2D eigenvalue weighted by Gasteiger charge is -2.29. The molecular formula is C15H27N5O4. The van der Waals surface area contributed by atoms with E-state index in [2.05, 4.69) is 15.5 Å². The molecule has 24 heavy (non-hydrogen) atoms. The summed E-state index contributed by atoms with van der Waals surface area (Å²) in [6, 6.07) is -0.846. The number of rotatable bonds is 8. The molecule has 0 spiro atoms. The van der Waals surface area contributed by atoms with Crippen LogP contribution in [0.2, 0.25) is 0 Å². The quantitative estimate of drug-likeness (QED) is 0.421. The van der Waals surface area contributed by atoms with Crippen molar-refractivity contribution in [2.45, 2.75) is 25.4 Å². The SMILES string of the molecule is CN1CCOC(C(=O)NCCC2(CNCC(=O)NC(N)=O)CC2)C1. The first-order valence-corrected chi connectivity index (χ1v) is 8.28. The zero-order valence-corrected chi connectivity index (χ0v) is 14.1. The van der Waals surface area contributed by atoms with Gasteiger partial charge in [-0.05, 0) is 31.7 Å². The third-order valence-corrected chi connectivity index (χ3v) is 4.52. The lowest BCUT2D eigenvalue weighted by Crippen LogP contribution is -2.48.